The van der Waals surface area contributed by atoms with E-state index in [9.17, 15) is 18.0 Å². The zero-order chi connectivity index (χ0) is 21.6. The Morgan fingerprint density at radius 2 is 1.67 bits per heavy atom. The second kappa shape index (κ2) is 7.19. The Labute approximate surface area is 170 Å². The molecule has 8 heteroatoms. The monoisotopic (exact) mass is 414 g/mol. The summed E-state index contributed by atoms with van der Waals surface area (Å²) in [6, 6.07) is 9.57. The third-order valence-corrected chi connectivity index (χ3v) is 5.29. The van der Waals surface area contributed by atoms with Crippen LogP contribution in [0.4, 0.5) is 13.2 Å². The van der Waals surface area contributed by atoms with Gasteiger partial charge in [0, 0.05) is 24.2 Å². The lowest BCUT2D eigenvalue weighted by atomic mass is 9.98. The molecule has 0 atom stereocenters. The van der Waals surface area contributed by atoms with Gasteiger partial charge in [0.25, 0.3) is 0 Å². The number of rotatable bonds is 4. The number of aromatic nitrogens is 4. The molecule has 30 heavy (non-hydrogen) atoms. The molecule has 0 fully saturated rings. The average Bonchev–Trinajstić information content (AvgIpc) is 3.28. The minimum absolute atomic E-state index is 0.0759. The lowest BCUT2D eigenvalue weighted by Gasteiger charge is -2.11. The SMILES string of the molecule is CCn1c(=O)n(CC)c2cc(-c3cn[nH]c3-c3cc(C)cc(C(F)(F)F)c3)ccc21. The molecule has 1 N–H and O–H groups in total. The third kappa shape index (κ3) is 3.22. The van der Waals surface area contributed by atoms with E-state index in [0.29, 0.717) is 35.5 Å². The van der Waals surface area contributed by atoms with Crippen LogP contribution < -0.4 is 5.69 Å². The molecule has 4 aromatic rings. The molecule has 2 aromatic heterocycles. The van der Waals surface area contributed by atoms with Gasteiger partial charge in [-0.2, -0.15) is 18.3 Å². The maximum absolute atomic E-state index is 13.3. The first-order valence-electron chi connectivity index (χ1n) is 9.70. The molecule has 0 aliphatic rings. The van der Waals surface area contributed by atoms with Crippen LogP contribution in [-0.2, 0) is 19.3 Å². The number of aryl methyl sites for hydroxylation is 3. The number of hydrogen-bond donors (Lipinski definition) is 1. The van der Waals surface area contributed by atoms with Crippen molar-refractivity contribution in [2.75, 3.05) is 0 Å². The number of H-pyrrole nitrogens is 1. The summed E-state index contributed by atoms with van der Waals surface area (Å²) in [4.78, 5) is 12.6. The van der Waals surface area contributed by atoms with E-state index in [1.54, 1.807) is 28.3 Å². The van der Waals surface area contributed by atoms with E-state index in [-0.39, 0.29) is 5.69 Å². The minimum Gasteiger partial charge on any atom is -0.292 e. The number of nitrogens with zero attached hydrogens (tertiary/aromatic N) is 3. The zero-order valence-corrected chi connectivity index (χ0v) is 16.8. The van der Waals surface area contributed by atoms with Crippen LogP contribution in [0, 0.1) is 6.92 Å². The van der Waals surface area contributed by atoms with Gasteiger partial charge in [0.1, 0.15) is 0 Å². The first-order valence-corrected chi connectivity index (χ1v) is 9.70. The van der Waals surface area contributed by atoms with Gasteiger partial charge in [-0.05, 0) is 62.2 Å². The standard InChI is InChI=1S/C22H21F3N4O/c1-4-28-18-7-6-14(11-19(18)29(5-2)21(28)30)17-12-26-27-20(17)15-8-13(3)9-16(10-15)22(23,24)25/h6-12H,4-5H2,1-3H3,(H,26,27). The molecule has 0 saturated heterocycles. The summed E-state index contributed by atoms with van der Waals surface area (Å²) in [6.45, 7) is 6.54. The number of benzene rings is 2. The minimum atomic E-state index is -4.43. The van der Waals surface area contributed by atoms with Gasteiger partial charge in [-0.3, -0.25) is 14.2 Å². The van der Waals surface area contributed by atoms with Gasteiger partial charge in [0.15, 0.2) is 0 Å². The molecular formula is C22H21F3N4O. The first-order chi connectivity index (χ1) is 14.2. The van der Waals surface area contributed by atoms with Crippen molar-refractivity contribution >= 4 is 11.0 Å². The maximum Gasteiger partial charge on any atom is 0.416 e. The Balaban J connectivity index is 1.90. The van der Waals surface area contributed by atoms with E-state index in [0.717, 1.165) is 28.7 Å². The van der Waals surface area contributed by atoms with Crippen LogP contribution in [0.15, 0.2) is 47.4 Å². The van der Waals surface area contributed by atoms with Gasteiger partial charge < -0.3 is 0 Å². The number of alkyl halides is 3. The second-order valence-corrected chi connectivity index (χ2v) is 7.22. The van der Waals surface area contributed by atoms with E-state index < -0.39 is 11.7 Å². The molecule has 2 heterocycles. The normalized spacial score (nSPS) is 12.1. The molecule has 0 bridgehead atoms. The van der Waals surface area contributed by atoms with Crippen LogP contribution in [0.25, 0.3) is 33.4 Å². The Morgan fingerprint density at radius 3 is 2.33 bits per heavy atom. The zero-order valence-electron chi connectivity index (χ0n) is 16.8. The molecule has 0 saturated carbocycles. The maximum atomic E-state index is 13.3. The van der Waals surface area contributed by atoms with Gasteiger partial charge in [-0.1, -0.05) is 6.07 Å². The number of nitrogens with one attached hydrogen (secondary N) is 1. The highest BCUT2D eigenvalue weighted by Crippen LogP contribution is 2.36. The highest BCUT2D eigenvalue weighted by Gasteiger charge is 2.31. The fourth-order valence-electron chi connectivity index (χ4n) is 3.91. The number of fused-ring (bicyclic) bond motifs is 1. The van der Waals surface area contributed by atoms with Crippen LogP contribution in [-0.4, -0.2) is 19.3 Å². The van der Waals surface area contributed by atoms with Crippen molar-refractivity contribution in [1.82, 2.24) is 19.3 Å². The number of imidazole rings is 1. The Hall–Kier alpha value is -3.29. The third-order valence-electron chi connectivity index (χ3n) is 5.29. The van der Waals surface area contributed by atoms with Crippen molar-refractivity contribution in [3.63, 3.8) is 0 Å². The van der Waals surface area contributed by atoms with E-state index in [4.69, 9.17) is 0 Å². The van der Waals surface area contributed by atoms with Crippen LogP contribution in [0.3, 0.4) is 0 Å². The topological polar surface area (TPSA) is 55.6 Å². The van der Waals surface area contributed by atoms with E-state index >= 15 is 0 Å². The van der Waals surface area contributed by atoms with E-state index in [1.165, 1.54) is 0 Å². The van der Waals surface area contributed by atoms with Gasteiger partial charge in [-0.25, -0.2) is 4.79 Å². The Bertz CT molecular complexity index is 1290. The summed E-state index contributed by atoms with van der Waals surface area (Å²) in [5, 5.41) is 6.92. The van der Waals surface area contributed by atoms with Crippen LogP contribution in [0.1, 0.15) is 25.0 Å². The highest BCUT2D eigenvalue weighted by atomic mass is 19.4. The molecule has 0 amide bonds. The van der Waals surface area contributed by atoms with Crippen molar-refractivity contribution in [3.8, 4) is 22.4 Å². The molecule has 5 nitrogen and oxygen atoms in total. The fraction of sp³-hybridized carbons (Fsp3) is 0.273. The van der Waals surface area contributed by atoms with Crippen molar-refractivity contribution in [3.05, 3.63) is 64.2 Å². The summed E-state index contributed by atoms with van der Waals surface area (Å²) in [5.41, 5.74) is 3.71. The number of halogens is 3. The van der Waals surface area contributed by atoms with Gasteiger partial charge >= 0.3 is 11.9 Å². The fourth-order valence-corrected chi connectivity index (χ4v) is 3.91. The molecule has 2 aromatic carbocycles. The Kier molecular flexibility index (Phi) is 4.80. The molecule has 4 rings (SSSR count). The lowest BCUT2D eigenvalue weighted by molar-refractivity contribution is -0.137. The molecule has 0 spiro atoms. The number of aromatic amines is 1. The van der Waals surface area contributed by atoms with E-state index in [2.05, 4.69) is 10.2 Å². The van der Waals surface area contributed by atoms with Gasteiger partial charge in [0.05, 0.1) is 28.5 Å². The predicted molar refractivity (Wildman–Crippen MR) is 110 cm³/mol. The van der Waals surface area contributed by atoms with Gasteiger partial charge in [0.2, 0.25) is 0 Å². The summed E-state index contributed by atoms with van der Waals surface area (Å²) < 4.78 is 43.2. The van der Waals surface area contributed by atoms with Crippen molar-refractivity contribution in [2.45, 2.75) is 40.0 Å². The summed E-state index contributed by atoms with van der Waals surface area (Å²) in [5.74, 6) is 0. The summed E-state index contributed by atoms with van der Waals surface area (Å²) in [7, 11) is 0. The molecule has 156 valence electrons. The molecule has 0 radical (unpaired) electrons. The molecular weight excluding hydrogens is 393 g/mol. The van der Waals surface area contributed by atoms with E-state index in [1.807, 2.05) is 32.0 Å². The highest BCUT2D eigenvalue weighted by molar-refractivity contribution is 5.87. The van der Waals surface area contributed by atoms with Crippen molar-refractivity contribution < 1.29 is 13.2 Å². The van der Waals surface area contributed by atoms with Crippen molar-refractivity contribution in [1.29, 1.82) is 0 Å². The van der Waals surface area contributed by atoms with Gasteiger partial charge in [-0.15, -0.1) is 0 Å². The Morgan fingerprint density at radius 1 is 0.967 bits per heavy atom. The summed E-state index contributed by atoms with van der Waals surface area (Å²) >= 11 is 0. The predicted octanol–water partition coefficient (Wildman–Crippen LogP) is 5.23. The average molecular weight is 414 g/mol. The lowest BCUT2D eigenvalue weighted by Crippen LogP contribution is -2.22. The van der Waals surface area contributed by atoms with Crippen LogP contribution >= 0.6 is 0 Å². The molecule has 0 aliphatic carbocycles. The smallest absolute Gasteiger partial charge is 0.292 e. The number of hydrogen-bond acceptors (Lipinski definition) is 2. The quantitative estimate of drug-likeness (QED) is 0.497. The molecule has 0 unspecified atom stereocenters. The van der Waals surface area contributed by atoms with Crippen LogP contribution in [0.5, 0.6) is 0 Å². The van der Waals surface area contributed by atoms with Crippen molar-refractivity contribution in [2.24, 2.45) is 0 Å². The first kappa shape index (κ1) is 20.0. The largest absolute Gasteiger partial charge is 0.416 e. The summed E-state index contributed by atoms with van der Waals surface area (Å²) in [6.07, 6.45) is -2.84. The molecule has 0 aliphatic heterocycles. The second-order valence-electron chi connectivity index (χ2n) is 7.22. The van der Waals surface area contributed by atoms with Crippen LogP contribution in [0.2, 0.25) is 0 Å².